The summed E-state index contributed by atoms with van der Waals surface area (Å²) in [4.78, 5) is 1.98. The third-order valence-electron chi connectivity index (χ3n) is 2.95. The van der Waals surface area contributed by atoms with Gasteiger partial charge in [0.25, 0.3) is 0 Å². The van der Waals surface area contributed by atoms with E-state index in [0.717, 1.165) is 11.3 Å². The molecule has 0 saturated carbocycles. The molecule has 2 aromatic carbocycles. The molecule has 0 aliphatic rings. The minimum absolute atomic E-state index is 0.0869. The van der Waals surface area contributed by atoms with Crippen LogP contribution >= 0.6 is 0 Å². The molecule has 0 fully saturated rings. The number of nitriles is 1. The van der Waals surface area contributed by atoms with Crippen molar-refractivity contribution in [2.24, 2.45) is 0 Å². The van der Waals surface area contributed by atoms with Gasteiger partial charge in [0, 0.05) is 13.6 Å². The first kappa shape index (κ1) is 12.8. The number of aromatic hydroxyl groups is 1. The van der Waals surface area contributed by atoms with Crippen LogP contribution in [0.2, 0.25) is 0 Å². The molecule has 0 saturated heterocycles. The molecule has 4 nitrogen and oxygen atoms in total. The minimum Gasteiger partial charge on any atom is -0.506 e. The Kier molecular flexibility index (Phi) is 3.58. The van der Waals surface area contributed by atoms with Crippen molar-refractivity contribution < 1.29 is 5.11 Å². The standard InChI is InChI=1S/C15H15N3O/c1-18(14-5-3-2-4-12(14)9-16)10-11-6-7-15(19)13(17)8-11/h2-8,19H,10,17H2,1H3. The normalized spacial score (nSPS) is 9.89. The second kappa shape index (κ2) is 5.32. The Morgan fingerprint density at radius 3 is 2.68 bits per heavy atom. The summed E-state index contributed by atoms with van der Waals surface area (Å²) < 4.78 is 0. The Balaban J connectivity index is 2.23. The second-order valence-corrected chi connectivity index (χ2v) is 4.38. The summed E-state index contributed by atoms with van der Waals surface area (Å²) in [6.45, 7) is 0.614. The van der Waals surface area contributed by atoms with Gasteiger partial charge >= 0.3 is 0 Å². The first-order chi connectivity index (χ1) is 9.11. The van der Waals surface area contributed by atoms with Crippen LogP contribution in [0.25, 0.3) is 0 Å². The highest BCUT2D eigenvalue weighted by Crippen LogP contribution is 2.24. The van der Waals surface area contributed by atoms with Gasteiger partial charge in [-0.05, 0) is 29.8 Å². The van der Waals surface area contributed by atoms with Crippen molar-refractivity contribution in [2.45, 2.75) is 6.54 Å². The van der Waals surface area contributed by atoms with Crippen molar-refractivity contribution in [1.29, 1.82) is 5.26 Å². The summed E-state index contributed by atoms with van der Waals surface area (Å²) in [5.41, 5.74) is 8.52. The van der Waals surface area contributed by atoms with Crippen molar-refractivity contribution >= 4 is 11.4 Å². The van der Waals surface area contributed by atoms with Gasteiger partial charge in [0.05, 0.1) is 16.9 Å². The number of phenolic OH excluding ortho intramolecular Hbond substituents is 1. The molecule has 96 valence electrons. The Labute approximate surface area is 112 Å². The highest BCUT2D eigenvalue weighted by molar-refractivity contribution is 5.59. The van der Waals surface area contributed by atoms with E-state index in [9.17, 15) is 5.11 Å². The van der Waals surface area contributed by atoms with Crippen LogP contribution in [-0.4, -0.2) is 12.2 Å². The molecule has 0 unspecified atom stereocenters. The molecule has 0 atom stereocenters. The average Bonchev–Trinajstić information content (AvgIpc) is 2.43. The Hall–Kier alpha value is -2.67. The molecule has 0 radical (unpaired) electrons. The number of nitrogens with two attached hydrogens (primary N) is 1. The first-order valence-corrected chi connectivity index (χ1v) is 5.89. The summed E-state index contributed by atoms with van der Waals surface area (Å²) in [6, 6.07) is 14.7. The van der Waals surface area contributed by atoms with Crippen LogP contribution in [0, 0.1) is 11.3 Å². The van der Waals surface area contributed by atoms with Crippen LogP contribution < -0.4 is 10.6 Å². The molecule has 0 spiro atoms. The van der Waals surface area contributed by atoms with Crippen LogP contribution in [0.5, 0.6) is 5.75 Å². The maximum atomic E-state index is 9.40. The monoisotopic (exact) mass is 253 g/mol. The Morgan fingerprint density at radius 1 is 1.26 bits per heavy atom. The van der Waals surface area contributed by atoms with Crippen molar-refractivity contribution in [3.8, 4) is 11.8 Å². The quantitative estimate of drug-likeness (QED) is 0.651. The summed E-state index contributed by atoms with van der Waals surface area (Å²) in [5, 5.41) is 18.5. The highest BCUT2D eigenvalue weighted by atomic mass is 16.3. The maximum Gasteiger partial charge on any atom is 0.138 e. The van der Waals surface area contributed by atoms with Gasteiger partial charge in [0.2, 0.25) is 0 Å². The molecule has 0 aliphatic heterocycles. The van der Waals surface area contributed by atoms with E-state index < -0.39 is 0 Å². The Bertz CT molecular complexity index is 632. The summed E-state index contributed by atoms with van der Waals surface area (Å²) in [7, 11) is 1.92. The predicted octanol–water partition coefficient (Wildman–Crippen LogP) is 2.48. The first-order valence-electron chi connectivity index (χ1n) is 5.89. The molecule has 0 amide bonds. The zero-order valence-corrected chi connectivity index (χ0v) is 10.7. The summed E-state index contributed by atoms with van der Waals surface area (Å²) in [6.07, 6.45) is 0. The fourth-order valence-corrected chi connectivity index (χ4v) is 1.96. The van der Waals surface area contributed by atoms with E-state index in [2.05, 4.69) is 6.07 Å². The van der Waals surface area contributed by atoms with E-state index in [1.165, 1.54) is 0 Å². The number of hydrogen-bond acceptors (Lipinski definition) is 4. The van der Waals surface area contributed by atoms with Gasteiger partial charge in [-0.1, -0.05) is 18.2 Å². The van der Waals surface area contributed by atoms with E-state index in [-0.39, 0.29) is 5.75 Å². The average molecular weight is 253 g/mol. The zero-order chi connectivity index (χ0) is 13.8. The molecule has 2 rings (SSSR count). The molecule has 2 aromatic rings. The lowest BCUT2D eigenvalue weighted by Gasteiger charge is -2.20. The molecule has 0 aromatic heterocycles. The van der Waals surface area contributed by atoms with Gasteiger partial charge in [-0.25, -0.2) is 0 Å². The zero-order valence-electron chi connectivity index (χ0n) is 10.7. The van der Waals surface area contributed by atoms with Crippen molar-refractivity contribution in [3.63, 3.8) is 0 Å². The minimum atomic E-state index is 0.0869. The van der Waals surface area contributed by atoms with Gasteiger partial charge in [0.1, 0.15) is 11.8 Å². The van der Waals surface area contributed by atoms with Crippen LogP contribution in [0.1, 0.15) is 11.1 Å². The van der Waals surface area contributed by atoms with Gasteiger partial charge in [-0.15, -0.1) is 0 Å². The van der Waals surface area contributed by atoms with Crippen LogP contribution in [0.3, 0.4) is 0 Å². The maximum absolute atomic E-state index is 9.40. The third-order valence-corrected chi connectivity index (χ3v) is 2.95. The molecule has 19 heavy (non-hydrogen) atoms. The van der Waals surface area contributed by atoms with Gasteiger partial charge in [-0.3, -0.25) is 0 Å². The molecular weight excluding hydrogens is 238 g/mol. The third kappa shape index (κ3) is 2.78. The lowest BCUT2D eigenvalue weighted by Crippen LogP contribution is -2.17. The molecular formula is C15H15N3O. The molecule has 3 N–H and O–H groups in total. The van der Waals surface area contributed by atoms with Crippen molar-refractivity contribution in [2.75, 3.05) is 17.7 Å². The number of para-hydroxylation sites is 1. The Morgan fingerprint density at radius 2 is 2.00 bits per heavy atom. The summed E-state index contributed by atoms with van der Waals surface area (Å²) >= 11 is 0. The summed E-state index contributed by atoms with van der Waals surface area (Å²) in [5.74, 6) is 0.0869. The fraction of sp³-hybridized carbons (Fsp3) is 0.133. The lowest BCUT2D eigenvalue weighted by molar-refractivity contribution is 0.478. The van der Waals surface area contributed by atoms with E-state index in [1.54, 1.807) is 18.2 Å². The SMILES string of the molecule is CN(Cc1ccc(O)c(N)c1)c1ccccc1C#N. The smallest absolute Gasteiger partial charge is 0.138 e. The fourth-order valence-electron chi connectivity index (χ4n) is 1.96. The number of benzene rings is 2. The number of nitrogens with zero attached hydrogens (tertiary/aromatic N) is 2. The van der Waals surface area contributed by atoms with Crippen molar-refractivity contribution in [3.05, 3.63) is 53.6 Å². The van der Waals surface area contributed by atoms with Crippen LogP contribution in [0.4, 0.5) is 11.4 Å². The number of phenols is 1. The molecule has 0 aliphatic carbocycles. The molecule has 4 heteroatoms. The number of anilines is 2. The molecule has 0 bridgehead atoms. The number of hydrogen-bond donors (Lipinski definition) is 2. The second-order valence-electron chi connectivity index (χ2n) is 4.38. The van der Waals surface area contributed by atoms with E-state index in [1.807, 2.05) is 36.2 Å². The van der Waals surface area contributed by atoms with E-state index in [0.29, 0.717) is 17.8 Å². The topological polar surface area (TPSA) is 73.3 Å². The van der Waals surface area contributed by atoms with Crippen LogP contribution in [0.15, 0.2) is 42.5 Å². The lowest BCUT2D eigenvalue weighted by atomic mass is 10.1. The van der Waals surface area contributed by atoms with Crippen molar-refractivity contribution in [1.82, 2.24) is 0 Å². The molecule has 0 heterocycles. The van der Waals surface area contributed by atoms with E-state index >= 15 is 0 Å². The largest absolute Gasteiger partial charge is 0.506 e. The van der Waals surface area contributed by atoms with Gasteiger partial charge in [-0.2, -0.15) is 5.26 Å². The van der Waals surface area contributed by atoms with Gasteiger partial charge < -0.3 is 15.7 Å². The number of nitrogen functional groups attached to an aromatic ring is 1. The number of rotatable bonds is 3. The van der Waals surface area contributed by atoms with Crippen LogP contribution in [-0.2, 0) is 6.54 Å². The highest BCUT2D eigenvalue weighted by Gasteiger charge is 2.08. The van der Waals surface area contributed by atoms with E-state index in [4.69, 9.17) is 11.0 Å². The van der Waals surface area contributed by atoms with Gasteiger partial charge in [0.15, 0.2) is 0 Å². The predicted molar refractivity (Wildman–Crippen MR) is 75.8 cm³/mol.